The lowest BCUT2D eigenvalue weighted by Crippen LogP contribution is -2.29. The first-order valence-corrected chi connectivity index (χ1v) is 10.1. The van der Waals surface area contributed by atoms with E-state index in [1.165, 1.54) is 0 Å². The Kier molecular flexibility index (Phi) is 4.55. The zero-order valence-corrected chi connectivity index (χ0v) is 16.3. The molecule has 1 aliphatic carbocycles. The van der Waals surface area contributed by atoms with Gasteiger partial charge in [0.05, 0.1) is 23.6 Å². The molecule has 4 aromatic rings. The molecular weight excluding hydrogens is 368 g/mol. The van der Waals surface area contributed by atoms with E-state index in [1.807, 2.05) is 36.0 Å². The zero-order chi connectivity index (χ0) is 19.8. The average Bonchev–Trinajstić information content (AvgIpc) is 3.36. The minimum Gasteiger partial charge on any atom is -0.477 e. The number of nitrogens with zero attached hydrogens (tertiary/aromatic N) is 4. The number of aromatic nitrogens is 5. The molecule has 0 atom stereocenters. The van der Waals surface area contributed by atoms with Crippen molar-refractivity contribution in [3.05, 3.63) is 36.8 Å². The monoisotopic (exact) mass is 392 g/mol. The van der Waals surface area contributed by atoms with E-state index in [4.69, 9.17) is 9.72 Å². The number of nitrogens with one attached hydrogen (secondary N) is 2. The molecule has 0 aliphatic heterocycles. The van der Waals surface area contributed by atoms with Crippen molar-refractivity contribution in [2.24, 2.45) is 0 Å². The summed E-state index contributed by atoms with van der Waals surface area (Å²) in [6, 6.07) is 6.36. The van der Waals surface area contributed by atoms with Gasteiger partial charge in [0, 0.05) is 30.2 Å². The number of pyridine rings is 1. The molecule has 3 N–H and O–H groups in total. The quantitative estimate of drug-likeness (QED) is 0.481. The molecular formula is C21H24N6O2. The molecule has 0 amide bonds. The second-order valence-electron chi connectivity index (χ2n) is 7.48. The third-order valence-electron chi connectivity index (χ3n) is 5.52. The predicted molar refractivity (Wildman–Crippen MR) is 111 cm³/mol. The van der Waals surface area contributed by atoms with Crippen molar-refractivity contribution in [3.63, 3.8) is 0 Å². The molecule has 0 unspecified atom stereocenters. The molecule has 1 fully saturated rings. The number of hydrogen-bond acceptors (Lipinski definition) is 6. The first-order valence-electron chi connectivity index (χ1n) is 10.1. The summed E-state index contributed by atoms with van der Waals surface area (Å²) in [6.07, 6.45) is 8.93. The van der Waals surface area contributed by atoms with Crippen LogP contribution in [0.4, 0.5) is 5.95 Å². The van der Waals surface area contributed by atoms with Crippen LogP contribution in [0.2, 0.25) is 0 Å². The summed E-state index contributed by atoms with van der Waals surface area (Å²) in [4.78, 5) is 12.6. The number of aliphatic hydroxyl groups excluding tert-OH is 1. The van der Waals surface area contributed by atoms with Gasteiger partial charge in [-0.1, -0.05) is 0 Å². The van der Waals surface area contributed by atoms with Gasteiger partial charge in [-0.05, 0) is 56.4 Å². The summed E-state index contributed by atoms with van der Waals surface area (Å²) in [5.74, 6) is 1.13. The Labute approximate surface area is 167 Å². The highest BCUT2D eigenvalue weighted by Crippen LogP contribution is 2.35. The highest BCUT2D eigenvalue weighted by molar-refractivity contribution is 5.98. The average molecular weight is 392 g/mol. The number of fused-ring (bicyclic) bond motifs is 2. The fourth-order valence-electron chi connectivity index (χ4n) is 4.03. The predicted octanol–water partition coefficient (Wildman–Crippen LogP) is 3.39. The van der Waals surface area contributed by atoms with Crippen molar-refractivity contribution in [2.45, 2.75) is 44.8 Å². The standard InChI is InChI=1S/C21H24N6O2/c1-2-29-20-18-17(13-8-10-27-15(11-13)7-9-23-27)12-22-19(18)25-21(26-20)24-14-3-5-16(28)6-4-14/h7-12,14,16,28H,2-6H2,1H3,(H2,22,24,25,26)/t14-,16+. The number of anilines is 1. The fraction of sp³-hybridized carbons (Fsp3) is 0.381. The Morgan fingerprint density at radius 3 is 2.93 bits per heavy atom. The summed E-state index contributed by atoms with van der Waals surface area (Å²) in [5.41, 5.74) is 3.81. The van der Waals surface area contributed by atoms with Gasteiger partial charge in [0.2, 0.25) is 11.8 Å². The molecule has 8 nitrogen and oxygen atoms in total. The summed E-state index contributed by atoms with van der Waals surface area (Å²) < 4.78 is 7.73. The molecule has 0 aromatic carbocycles. The van der Waals surface area contributed by atoms with Crippen LogP contribution in [-0.2, 0) is 0 Å². The third kappa shape index (κ3) is 3.40. The molecule has 4 aromatic heterocycles. The second-order valence-corrected chi connectivity index (χ2v) is 7.48. The zero-order valence-electron chi connectivity index (χ0n) is 16.3. The van der Waals surface area contributed by atoms with Crippen molar-refractivity contribution >= 4 is 22.5 Å². The van der Waals surface area contributed by atoms with E-state index < -0.39 is 0 Å². The van der Waals surface area contributed by atoms with Crippen LogP contribution in [-0.4, -0.2) is 48.4 Å². The van der Waals surface area contributed by atoms with Crippen molar-refractivity contribution in [3.8, 4) is 17.0 Å². The molecule has 0 saturated heterocycles. The first-order chi connectivity index (χ1) is 14.2. The molecule has 4 heterocycles. The molecule has 5 rings (SSSR count). The van der Waals surface area contributed by atoms with Gasteiger partial charge in [0.25, 0.3) is 0 Å². The number of aliphatic hydroxyl groups is 1. The van der Waals surface area contributed by atoms with Crippen molar-refractivity contribution in [1.29, 1.82) is 0 Å². The van der Waals surface area contributed by atoms with Crippen LogP contribution in [0.5, 0.6) is 5.88 Å². The van der Waals surface area contributed by atoms with E-state index in [0.29, 0.717) is 18.4 Å². The second kappa shape index (κ2) is 7.36. The fourth-order valence-corrected chi connectivity index (χ4v) is 4.03. The van der Waals surface area contributed by atoms with Crippen molar-refractivity contribution in [1.82, 2.24) is 24.6 Å². The van der Waals surface area contributed by atoms with Crippen molar-refractivity contribution < 1.29 is 9.84 Å². The summed E-state index contributed by atoms with van der Waals surface area (Å²) >= 11 is 0. The summed E-state index contributed by atoms with van der Waals surface area (Å²) in [6.45, 7) is 2.47. The first kappa shape index (κ1) is 17.9. The SMILES string of the molecule is CCOc1nc(N[C@H]2CC[C@@H](O)CC2)nc2[nH]cc(-c3ccn4nccc4c3)c12. The summed E-state index contributed by atoms with van der Waals surface area (Å²) in [7, 11) is 0. The van der Waals surface area contributed by atoms with Crippen LogP contribution in [0, 0.1) is 0 Å². The number of hydrogen-bond donors (Lipinski definition) is 3. The minimum atomic E-state index is -0.186. The van der Waals surface area contributed by atoms with E-state index in [2.05, 4.69) is 26.4 Å². The highest BCUT2D eigenvalue weighted by Gasteiger charge is 2.22. The summed E-state index contributed by atoms with van der Waals surface area (Å²) in [5, 5.41) is 18.3. The van der Waals surface area contributed by atoms with Crippen molar-refractivity contribution in [2.75, 3.05) is 11.9 Å². The third-order valence-corrected chi connectivity index (χ3v) is 5.52. The van der Waals surface area contributed by atoms with Gasteiger partial charge < -0.3 is 20.1 Å². The van der Waals surface area contributed by atoms with Gasteiger partial charge >= 0.3 is 0 Å². The van der Waals surface area contributed by atoms with Crippen LogP contribution in [0.25, 0.3) is 27.7 Å². The van der Waals surface area contributed by atoms with Gasteiger partial charge in [-0.2, -0.15) is 15.1 Å². The van der Waals surface area contributed by atoms with Crippen LogP contribution in [0.1, 0.15) is 32.6 Å². The Balaban J connectivity index is 1.53. The topological polar surface area (TPSA) is 100 Å². The van der Waals surface area contributed by atoms with Crippen LogP contribution >= 0.6 is 0 Å². The lowest BCUT2D eigenvalue weighted by atomic mass is 9.93. The molecule has 0 spiro atoms. The molecule has 1 aliphatic rings. The number of ether oxygens (including phenoxy) is 1. The van der Waals surface area contributed by atoms with E-state index in [1.54, 1.807) is 6.20 Å². The Hall–Kier alpha value is -3.13. The van der Waals surface area contributed by atoms with E-state index in [9.17, 15) is 5.11 Å². The Bertz CT molecular complexity index is 1140. The van der Waals surface area contributed by atoms with Gasteiger partial charge in [-0.15, -0.1) is 0 Å². The molecule has 150 valence electrons. The molecule has 1 saturated carbocycles. The smallest absolute Gasteiger partial charge is 0.228 e. The van der Waals surface area contributed by atoms with Crippen LogP contribution in [0.3, 0.4) is 0 Å². The maximum atomic E-state index is 9.72. The number of H-pyrrole nitrogens is 1. The Morgan fingerprint density at radius 2 is 2.10 bits per heavy atom. The maximum absolute atomic E-state index is 9.72. The van der Waals surface area contributed by atoms with Gasteiger partial charge in [-0.25, -0.2) is 4.52 Å². The molecule has 29 heavy (non-hydrogen) atoms. The Morgan fingerprint density at radius 1 is 1.24 bits per heavy atom. The van der Waals surface area contributed by atoms with Gasteiger partial charge in [0.15, 0.2) is 0 Å². The lowest BCUT2D eigenvalue weighted by Gasteiger charge is -2.26. The normalized spacial score (nSPS) is 19.7. The maximum Gasteiger partial charge on any atom is 0.228 e. The lowest BCUT2D eigenvalue weighted by molar-refractivity contribution is 0.126. The molecule has 8 heteroatoms. The van der Waals surface area contributed by atoms with Crippen LogP contribution < -0.4 is 10.1 Å². The van der Waals surface area contributed by atoms with E-state index >= 15 is 0 Å². The number of rotatable bonds is 5. The minimum absolute atomic E-state index is 0.186. The van der Waals surface area contributed by atoms with E-state index in [0.717, 1.165) is 53.4 Å². The van der Waals surface area contributed by atoms with Gasteiger partial charge in [0.1, 0.15) is 5.65 Å². The van der Waals surface area contributed by atoms with Crippen LogP contribution in [0.15, 0.2) is 36.8 Å². The largest absolute Gasteiger partial charge is 0.477 e. The molecule has 0 bridgehead atoms. The van der Waals surface area contributed by atoms with Gasteiger partial charge in [-0.3, -0.25) is 0 Å². The van der Waals surface area contributed by atoms with E-state index in [-0.39, 0.29) is 12.1 Å². The molecule has 0 radical (unpaired) electrons. The highest BCUT2D eigenvalue weighted by atomic mass is 16.5. The number of aromatic amines is 1.